The molecule has 0 aliphatic carbocycles. The van der Waals surface area contributed by atoms with Crippen molar-refractivity contribution in [2.45, 2.75) is 52.1 Å². The van der Waals surface area contributed by atoms with Gasteiger partial charge in [-0.1, -0.05) is 41.8 Å². The van der Waals surface area contributed by atoms with Crippen molar-refractivity contribution in [2.24, 2.45) is 5.92 Å². The van der Waals surface area contributed by atoms with Crippen molar-refractivity contribution in [1.82, 2.24) is 0 Å². The summed E-state index contributed by atoms with van der Waals surface area (Å²) in [6.07, 6.45) is 6.13. The van der Waals surface area contributed by atoms with Crippen LogP contribution in [0, 0.1) is 5.92 Å². The third-order valence-electron chi connectivity index (χ3n) is 4.33. The fourth-order valence-corrected chi connectivity index (χ4v) is 3.60. The highest BCUT2D eigenvalue weighted by molar-refractivity contribution is 9.10. The number of hydrogen-bond donors (Lipinski definition) is 1. The Morgan fingerprint density at radius 2 is 2.15 bits per heavy atom. The molecule has 1 aromatic rings. The van der Waals surface area contributed by atoms with Gasteiger partial charge in [0.15, 0.2) is 0 Å². The Labute approximate surface area is 131 Å². The average molecular weight is 340 g/mol. The molecular formula is C17H26BrNO. The summed E-state index contributed by atoms with van der Waals surface area (Å²) in [6.45, 7) is 6.35. The lowest BCUT2D eigenvalue weighted by atomic mass is 9.96. The number of benzene rings is 1. The van der Waals surface area contributed by atoms with Gasteiger partial charge in [-0.25, -0.2) is 0 Å². The summed E-state index contributed by atoms with van der Waals surface area (Å²) < 4.78 is 1.09. The van der Waals surface area contributed by atoms with E-state index in [1.54, 1.807) is 0 Å². The molecule has 0 bridgehead atoms. The fourth-order valence-electron chi connectivity index (χ4n) is 3.25. The molecule has 2 unspecified atom stereocenters. The molecule has 0 spiro atoms. The smallest absolute Gasteiger partial charge is 0.0782 e. The summed E-state index contributed by atoms with van der Waals surface area (Å²) in [5.41, 5.74) is 2.24. The molecule has 2 rings (SSSR count). The van der Waals surface area contributed by atoms with E-state index in [-0.39, 0.29) is 0 Å². The number of hydrogen-bond acceptors (Lipinski definition) is 2. The fraction of sp³-hybridized carbons (Fsp3) is 0.647. The maximum absolute atomic E-state index is 9.99. The lowest BCUT2D eigenvalue weighted by Crippen LogP contribution is -2.25. The van der Waals surface area contributed by atoms with Crippen LogP contribution in [0.15, 0.2) is 22.7 Å². The standard InChI is InChI=1S/C17H26BrNO/c1-3-5-14-6-4-10-19(11-9-14)17-12-15(18)7-8-16(17)13(2)20/h7-8,12-14,20H,3-6,9-11H2,1-2H3. The van der Waals surface area contributed by atoms with E-state index in [0.29, 0.717) is 0 Å². The van der Waals surface area contributed by atoms with Gasteiger partial charge in [-0.3, -0.25) is 0 Å². The Morgan fingerprint density at radius 1 is 1.35 bits per heavy atom. The molecule has 1 saturated heterocycles. The molecule has 112 valence electrons. The number of rotatable bonds is 4. The van der Waals surface area contributed by atoms with Crippen LogP contribution in [0.2, 0.25) is 0 Å². The molecule has 1 aliphatic rings. The summed E-state index contributed by atoms with van der Waals surface area (Å²) in [7, 11) is 0. The Bertz CT molecular complexity index is 433. The number of aliphatic hydroxyl groups is 1. The first-order chi connectivity index (χ1) is 9.61. The molecule has 1 fully saturated rings. The third-order valence-corrected chi connectivity index (χ3v) is 4.82. The lowest BCUT2D eigenvalue weighted by Gasteiger charge is -2.27. The summed E-state index contributed by atoms with van der Waals surface area (Å²) in [4.78, 5) is 2.46. The van der Waals surface area contributed by atoms with Gasteiger partial charge in [0, 0.05) is 28.8 Å². The highest BCUT2D eigenvalue weighted by atomic mass is 79.9. The van der Waals surface area contributed by atoms with Crippen molar-refractivity contribution in [1.29, 1.82) is 0 Å². The van der Waals surface area contributed by atoms with Crippen LogP contribution in [0.25, 0.3) is 0 Å². The predicted molar refractivity (Wildman–Crippen MR) is 89.2 cm³/mol. The molecular weight excluding hydrogens is 314 g/mol. The first kappa shape index (κ1) is 15.8. The van der Waals surface area contributed by atoms with Crippen molar-refractivity contribution < 1.29 is 5.11 Å². The summed E-state index contributed by atoms with van der Waals surface area (Å²) in [5.74, 6) is 0.882. The molecule has 20 heavy (non-hydrogen) atoms. The minimum Gasteiger partial charge on any atom is -0.389 e. The van der Waals surface area contributed by atoms with Gasteiger partial charge >= 0.3 is 0 Å². The van der Waals surface area contributed by atoms with Crippen LogP contribution in [0.1, 0.15) is 57.6 Å². The number of nitrogens with zero attached hydrogens (tertiary/aromatic N) is 1. The van der Waals surface area contributed by atoms with Crippen LogP contribution < -0.4 is 4.90 Å². The minimum atomic E-state index is -0.409. The van der Waals surface area contributed by atoms with E-state index in [0.717, 1.165) is 29.0 Å². The second kappa shape index (κ2) is 7.46. The first-order valence-electron chi connectivity index (χ1n) is 7.84. The summed E-state index contributed by atoms with van der Waals surface area (Å²) >= 11 is 3.56. The van der Waals surface area contributed by atoms with Gasteiger partial charge in [-0.2, -0.15) is 0 Å². The molecule has 2 atom stereocenters. The van der Waals surface area contributed by atoms with Gasteiger partial charge in [-0.15, -0.1) is 0 Å². The molecule has 2 nitrogen and oxygen atoms in total. The summed E-state index contributed by atoms with van der Waals surface area (Å²) in [6, 6.07) is 6.21. The molecule has 0 radical (unpaired) electrons. The summed E-state index contributed by atoms with van der Waals surface area (Å²) in [5, 5.41) is 9.99. The third kappa shape index (κ3) is 3.98. The predicted octanol–water partition coefficient (Wildman–Crippen LogP) is 4.91. The molecule has 1 N–H and O–H groups in total. The van der Waals surface area contributed by atoms with E-state index in [9.17, 15) is 5.11 Å². The van der Waals surface area contributed by atoms with Crippen LogP contribution >= 0.6 is 15.9 Å². The molecule has 3 heteroatoms. The van der Waals surface area contributed by atoms with Crippen LogP contribution in [0.3, 0.4) is 0 Å². The van der Waals surface area contributed by atoms with E-state index in [1.165, 1.54) is 37.8 Å². The minimum absolute atomic E-state index is 0.409. The quantitative estimate of drug-likeness (QED) is 0.842. The van der Waals surface area contributed by atoms with E-state index in [4.69, 9.17) is 0 Å². The lowest BCUT2D eigenvalue weighted by molar-refractivity contribution is 0.199. The molecule has 1 aromatic carbocycles. The normalized spacial score (nSPS) is 21.6. The Kier molecular flexibility index (Phi) is 5.91. The van der Waals surface area contributed by atoms with Crippen LogP contribution in [0.5, 0.6) is 0 Å². The van der Waals surface area contributed by atoms with Crippen LogP contribution in [-0.4, -0.2) is 18.2 Å². The monoisotopic (exact) mass is 339 g/mol. The van der Waals surface area contributed by atoms with E-state index < -0.39 is 6.10 Å². The van der Waals surface area contributed by atoms with Crippen molar-refractivity contribution >= 4 is 21.6 Å². The van der Waals surface area contributed by atoms with Crippen molar-refractivity contribution in [3.63, 3.8) is 0 Å². The maximum Gasteiger partial charge on any atom is 0.0782 e. The molecule has 0 aromatic heterocycles. The van der Waals surface area contributed by atoms with E-state index in [2.05, 4.69) is 33.8 Å². The van der Waals surface area contributed by atoms with Crippen molar-refractivity contribution in [3.05, 3.63) is 28.2 Å². The van der Waals surface area contributed by atoms with Gasteiger partial charge in [0.25, 0.3) is 0 Å². The maximum atomic E-state index is 9.99. The van der Waals surface area contributed by atoms with Crippen molar-refractivity contribution in [2.75, 3.05) is 18.0 Å². The zero-order valence-corrected chi connectivity index (χ0v) is 14.2. The van der Waals surface area contributed by atoms with Gasteiger partial charge < -0.3 is 10.0 Å². The Hall–Kier alpha value is -0.540. The van der Waals surface area contributed by atoms with Crippen LogP contribution in [0.4, 0.5) is 5.69 Å². The van der Waals surface area contributed by atoms with E-state index >= 15 is 0 Å². The largest absolute Gasteiger partial charge is 0.389 e. The number of halogens is 1. The SMILES string of the molecule is CCCC1CCCN(c2cc(Br)ccc2C(C)O)CC1. The van der Waals surface area contributed by atoms with E-state index in [1.807, 2.05) is 19.1 Å². The Morgan fingerprint density at radius 3 is 2.85 bits per heavy atom. The van der Waals surface area contributed by atoms with Crippen molar-refractivity contribution in [3.8, 4) is 0 Å². The second-order valence-electron chi connectivity index (χ2n) is 5.95. The molecule has 0 amide bonds. The number of anilines is 1. The topological polar surface area (TPSA) is 23.5 Å². The Balaban J connectivity index is 2.16. The highest BCUT2D eigenvalue weighted by Crippen LogP contribution is 2.32. The highest BCUT2D eigenvalue weighted by Gasteiger charge is 2.20. The van der Waals surface area contributed by atoms with Gasteiger partial charge in [0.2, 0.25) is 0 Å². The molecule has 1 heterocycles. The van der Waals surface area contributed by atoms with Gasteiger partial charge in [0.05, 0.1) is 6.10 Å². The number of aliphatic hydroxyl groups excluding tert-OH is 1. The molecule has 1 aliphatic heterocycles. The zero-order chi connectivity index (χ0) is 14.5. The van der Waals surface area contributed by atoms with Gasteiger partial charge in [0.1, 0.15) is 0 Å². The average Bonchev–Trinajstić information content (AvgIpc) is 2.64. The van der Waals surface area contributed by atoms with Crippen LogP contribution in [-0.2, 0) is 0 Å². The molecule has 0 saturated carbocycles. The zero-order valence-electron chi connectivity index (χ0n) is 12.6. The van der Waals surface area contributed by atoms with Gasteiger partial charge in [-0.05, 0) is 44.2 Å². The second-order valence-corrected chi connectivity index (χ2v) is 6.87. The first-order valence-corrected chi connectivity index (χ1v) is 8.63.